The lowest BCUT2D eigenvalue weighted by atomic mass is 9.89. The minimum Gasteiger partial charge on any atom is -0.303 e. The first-order chi connectivity index (χ1) is 11.8. The molecule has 4 rings (SSSR count). The fourth-order valence-electron chi connectivity index (χ4n) is 3.40. The summed E-state index contributed by atoms with van der Waals surface area (Å²) in [7, 11) is 0. The van der Waals surface area contributed by atoms with Gasteiger partial charge in [-0.25, -0.2) is 15.0 Å². The van der Waals surface area contributed by atoms with Gasteiger partial charge in [0.05, 0.1) is 5.52 Å². The molecule has 3 aromatic rings. The van der Waals surface area contributed by atoms with E-state index < -0.39 is 0 Å². The summed E-state index contributed by atoms with van der Waals surface area (Å²) in [6.07, 6.45) is 11.2. The first-order valence-electron chi connectivity index (χ1n) is 8.38. The number of aromatic nitrogens is 4. The molecule has 0 unspecified atom stereocenters. The van der Waals surface area contributed by atoms with Crippen LogP contribution in [0.4, 0.5) is 5.95 Å². The van der Waals surface area contributed by atoms with E-state index >= 15 is 0 Å². The first kappa shape index (κ1) is 14.8. The number of pyridine rings is 1. The molecule has 0 bridgehead atoms. The highest BCUT2D eigenvalue weighted by Gasteiger charge is 2.24. The summed E-state index contributed by atoms with van der Waals surface area (Å²) < 4.78 is 2.05. The second-order valence-corrected chi connectivity index (χ2v) is 6.14. The van der Waals surface area contributed by atoms with Crippen LogP contribution in [0.2, 0.25) is 0 Å². The van der Waals surface area contributed by atoms with Gasteiger partial charge in [-0.15, -0.1) is 0 Å². The van der Waals surface area contributed by atoms with Crippen LogP contribution >= 0.6 is 0 Å². The molecule has 6 nitrogen and oxygen atoms in total. The Kier molecular flexibility index (Phi) is 3.94. The van der Waals surface area contributed by atoms with Crippen molar-refractivity contribution in [3.05, 3.63) is 54.4 Å². The molecular weight excluding hydrogens is 302 g/mol. The molecule has 1 amide bonds. The number of hydrogen-bond acceptors (Lipinski definition) is 4. The first-order valence-corrected chi connectivity index (χ1v) is 8.38. The van der Waals surface area contributed by atoms with Crippen LogP contribution in [0, 0.1) is 0 Å². The van der Waals surface area contributed by atoms with E-state index in [0.717, 1.165) is 24.2 Å². The summed E-state index contributed by atoms with van der Waals surface area (Å²) in [6.45, 7) is 0. The van der Waals surface area contributed by atoms with Crippen molar-refractivity contribution in [2.45, 2.75) is 38.0 Å². The van der Waals surface area contributed by atoms with E-state index in [1.807, 2.05) is 24.4 Å². The second kappa shape index (κ2) is 6.39. The smallest absolute Gasteiger partial charge is 0.278 e. The molecule has 1 aliphatic carbocycles. The van der Waals surface area contributed by atoms with Crippen LogP contribution in [0.1, 0.15) is 54.3 Å². The lowest BCUT2D eigenvalue weighted by Crippen LogP contribution is -2.15. The van der Waals surface area contributed by atoms with Crippen molar-refractivity contribution in [2.75, 3.05) is 5.32 Å². The maximum atomic E-state index is 12.7. The standard InChI is InChI=1S/C18H19N5O/c24-17(22-18-19-10-6-11-20-18)15-14-9-4-5-12-23(14)16(21-15)13-7-2-1-3-8-13/h4-6,9-13H,1-3,7-8H2,(H,19,20,22,24). The van der Waals surface area contributed by atoms with E-state index in [0.29, 0.717) is 17.6 Å². The number of hydrogen-bond donors (Lipinski definition) is 1. The molecule has 1 saturated carbocycles. The molecule has 6 heteroatoms. The third-order valence-electron chi connectivity index (χ3n) is 4.55. The fourth-order valence-corrected chi connectivity index (χ4v) is 3.40. The molecule has 1 aliphatic rings. The van der Waals surface area contributed by atoms with E-state index in [9.17, 15) is 4.79 Å². The van der Waals surface area contributed by atoms with Crippen molar-refractivity contribution in [3.63, 3.8) is 0 Å². The predicted molar refractivity (Wildman–Crippen MR) is 91.0 cm³/mol. The Bertz CT molecular complexity index is 852. The highest BCUT2D eigenvalue weighted by molar-refractivity contribution is 6.06. The van der Waals surface area contributed by atoms with E-state index in [1.54, 1.807) is 18.5 Å². The minimum atomic E-state index is -0.271. The second-order valence-electron chi connectivity index (χ2n) is 6.14. The summed E-state index contributed by atoms with van der Waals surface area (Å²) in [4.78, 5) is 25.4. The van der Waals surface area contributed by atoms with E-state index in [4.69, 9.17) is 4.98 Å². The van der Waals surface area contributed by atoms with Gasteiger partial charge in [0, 0.05) is 24.5 Å². The van der Waals surface area contributed by atoms with Gasteiger partial charge in [-0.05, 0) is 31.0 Å². The number of rotatable bonds is 3. The summed E-state index contributed by atoms with van der Waals surface area (Å²) in [5, 5.41) is 2.73. The number of imidazole rings is 1. The molecule has 0 saturated heterocycles. The lowest BCUT2D eigenvalue weighted by Gasteiger charge is -2.20. The van der Waals surface area contributed by atoms with Crippen LogP contribution in [0.15, 0.2) is 42.9 Å². The van der Waals surface area contributed by atoms with Crippen LogP contribution in [-0.4, -0.2) is 25.3 Å². The van der Waals surface area contributed by atoms with Crippen molar-refractivity contribution >= 4 is 17.4 Å². The Balaban J connectivity index is 1.71. The lowest BCUT2D eigenvalue weighted by molar-refractivity contribution is 0.102. The quantitative estimate of drug-likeness (QED) is 0.802. The van der Waals surface area contributed by atoms with Gasteiger partial charge >= 0.3 is 0 Å². The van der Waals surface area contributed by atoms with Gasteiger partial charge in [-0.2, -0.15) is 0 Å². The number of amides is 1. The zero-order valence-corrected chi connectivity index (χ0v) is 13.4. The highest BCUT2D eigenvalue weighted by atomic mass is 16.2. The SMILES string of the molecule is O=C(Nc1ncccn1)c1nc(C2CCCCC2)n2ccccc12. The molecule has 0 aliphatic heterocycles. The third kappa shape index (κ3) is 2.75. The predicted octanol–water partition coefficient (Wildman–Crippen LogP) is 3.42. The number of anilines is 1. The normalized spacial score (nSPS) is 15.5. The molecule has 0 radical (unpaired) electrons. The number of carbonyl (C=O) groups excluding carboxylic acids is 1. The van der Waals surface area contributed by atoms with Crippen LogP contribution in [0.3, 0.4) is 0 Å². The van der Waals surface area contributed by atoms with E-state index in [-0.39, 0.29) is 5.91 Å². The van der Waals surface area contributed by atoms with Crippen molar-refractivity contribution < 1.29 is 4.79 Å². The van der Waals surface area contributed by atoms with Crippen LogP contribution in [-0.2, 0) is 0 Å². The Hall–Kier alpha value is -2.76. The maximum absolute atomic E-state index is 12.7. The number of nitrogens with one attached hydrogen (secondary N) is 1. The van der Waals surface area contributed by atoms with Crippen molar-refractivity contribution in [1.29, 1.82) is 0 Å². The van der Waals surface area contributed by atoms with Crippen molar-refractivity contribution in [3.8, 4) is 0 Å². The van der Waals surface area contributed by atoms with E-state index in [1.165, 1.54) is 19.3 Å². The summed E-state index contributed by atoms with van der Waals surface area (Å²) in [5.74, 6) is 1.43. The molecule has 0 aromatic carbocycles. The van der Waals surface area contributed by atoms with Crippen LogP contribution in [0.5, 0.6) is 0 Å². The van der Waals surface area contributed by atoms with Gasteiger partial charge in [0.2, 0.25) is 5.95 Å². The highest BCUT2D eigenvalue weighted by Crippen LogP contribution is 2.33. The average Bonchev–Trinajstić information content (AvgIpc) is 3.03. The minimum absolute atomic E-state index is 0.271. The number of carbonyl (C=O) groups is 1. The molecule has 0 spiro atoms. The van der Waals surface area contributed by atoms with Gasteiger partial charge in [0.25, 0.3) is 5.91 Å². The molecule has 24 heavy (non-hydrogen) atoms. The monoisotopic (exact) mass is 321 g/mol. The maximum Gasteiger partial charge on any atom is 0.278 e. The number of nitrogens with zero attached hydrogens (tertiary/aromatic N) is 4. The van der Waals surface area contributed by atoms with Gasteiger partial charge < -0.3 is 4.40 Å². The van der Waals surface area contributed by atoms with Gasteiger partial charge in [-0.1, -0.05) is 25.3 Å². The summed E-state index contributed by atoms with van der Waals surface area (Å²) >= 11 is 0. The van der Waals surface area contributed by atoms with Crippen LogP contribution in [0.25, 0.3) is 5.52 Å². The third-order valence-corrected chi connectivity index (χ3v) is 4.55. The van der Waals surface area contributed by atoms with Crippen molar-refractivity contribution in [1.82, 2.24) is 19.4 Å². The van der Waals surface area contributed by atoms with Crippen LogP contribution < -0.4 is 5.32 Å². The topological polar surface area (TPSA) is 72.2 Å². The Morgan fingerprint density at radius 2 is 1.88 bits per heavy atom. The molecule has 0 atom stereocenters. The Labute approximate surface area is 140 Å². The van der Waals surface area contributed by atoms with Crippen molar-refractivity contribution in [2.24, 2.45) is 0 Å². The van der Waals surface area contributed by atoms with E-state index in [2.05, 4.69) is 19.7 Å². The zero-order chi connectivity index (χ0) is 16.4. The van der Waals surface area contributed by atoms with Gasteiger partial charge in [0.15, 0.2) is 5.69 Å². The molecule has 1 fully saturated rings. The molecule has 3 aromatic heterocycles. The Morgan fingerprint density at radius 1 is 1.08 bits per heavy atom. The zero-order valence-electron chi connectivity index (χ0n) is 13.4. The molecular formula is C18H19N5O. The largest absolute Gasteiger partial charge is 0.303 e. The fraction of sp³-hybridized carbons (Fsp3) is 0.333. The Morgan fingerprint density at radius 3 is 2.67 bits per heavy atom. The molecule has 1 N–H and O–H groups in total. The summed E-state index contributed by atoms with van der Waals surface area (Å²) in [6, 6.07) is 7.55. The van der Waals surface area contributed by atoms with Gasteiger partial charge in [0.1, 0.15) is 5.82 Å². The molecule has 122 valence electrons. The number of fused-ring (bicyclic) bond motifs is 1. The average molecular weight is 321 g/mol. The van der Waals surface area contributed by atoms with Gasteiger partial charge in [-0.3, -0.25) is 10.1 Å². The molecule has 3 heterocycles. The summed E-state index contributed by atoms with van der Waals surface area (Å²) in [5.41, 5.74) is 1.26.